The molecule has 3 nitrogen and oxygen atoms in total. The van der Waals surface area contributed by atoms with Gasteiger partial charge in [-0.2, -0.15) is 0 Å². The van der Waals surface area contributed by atoms with Crippen LogP contribution < -0.4 is 5.73 Å². The molecule has 3 N–H and O–H groups in total. The second-order valence-corrected chi connectivity index (χ2v) is 6.69. The van der Waals surface area contributed by atoms with E-state index < -0.39 is 5.97 Å². The van der Waals surface area contributed by atoms with Gasteiger partial charge in [0.2, 0.25) is 0 Å². The van der Waals surface area contributed by atoms with E-state index in [1.165, 1.54) is 5.56 Å². The summed E-state index contributed by atoms with van der Waals surface area (Å²) in [6.07, 6.45) is 0.705. The fourth-order valence-corrected chi connectivity index (χ4v) is 2.64. The normalized spacial score (nSPS) is 24.1. The summed E-state index contributed by atoms with van der Waals surface area (Å²) in [6.45, 7) is 8.61. The molecule has 0 radical (unpaired) electrons. The minimum absolute atomic E-state index is 0.0942. The smallest absolute Gasteiger partial charge is 0.306 e. The Morgan fingerprint density at radius 3 is 2.47 bits per heavy atom. The summed E-state index contributed by atoms with van der Waals surface area (Å²) in [5.41, 5.74) is 9.88. The zero-order chi connectivity index (χ0) is 14.4. The number of carbonyl (C=O) groups is 1. The number of rotatable bonds is 3. The van der Waals surface area contributed by atoms with E-state index in [0.717, 1.165) is 11.1 Å². The molecule has 1 fully saturated rings. The molecule has 0 bridgehead atoms. The van der Waals surface area contributed by atoms with E-state index in [-0.39, 0.29) is 23.3 Å². The molecule has 0 spiro atoms. The summed E-state index contributed by atoms with van der Waals surface area (Å²) in [5, 5.41) is 8.98. The van der Waals surface area contributed by atoms with Gasteiger partial charge >= 0.3 is 5.97 Å². The fourth-order valence-electron chi connectivity index (χ4n) is 2.64. The van der Waals surface area contributed by atoms with Gasteiger partial charge in [0.15, 0.2) is 0 Å². The maximum Gasteiger partial charge on any atom is 0.306 e. The highest BCUT2D eigenvalue weighted by molar-refractivity contribution is 5.73. The van der Waals surface area contributed by atoms with Gasteiger partial charge < -0.3 is 10.8 Å². The summed E-state index contributed by atoms with van der Waals surface area (Å²) in [4.78, 5) is 10.9. The molecule has 1 aliphatic carbocycles. The Hall–Kier alpha value is -1.35. The monoisotopic (exact) mass is 261 g/mol. The van der Waals surface area contributed by atoms with Gasteiger partial charge in [-0.3, -0.25) is 4.79 Å². The van der Waals surface area contributed by atoms with Crippen LogP contribution in [0.4, 0.5) is 0 Å². The number of hydrogen-bond acceptors (Lipinski definition) is 2. The SMILES string of the molecule is Cc1cc(C(C)(C)C)ccc1C(N)C1CC1C(=O)O. The molecule has 0 saturated heterocycles. The van der Waals surface area contributed by atoms with Crippen molar-refractivity contribution in [2.75, 3.05) is 0 Å². The third-order valence-electron chi connectivity index (χ3n) is 4.11. The highest BCUT2D eigenvalue weighted by atomic mass is 16.4. The number of hydrogen-bond donors (Lipinski definition) is 2. The van der Waals surface area contributed by atoms with Crippen LogP contribution in [-0.4, -0.2) is 11.1 Å². The van der Waals surface area contributed by atoms with Crippen molar-refractivity contribution in [2.45, 2.75) is 45.6 Å². The largest absolute Gasteiger partial charge is 0.481 e. The van der Waals surface area contributed by atoms with Gasteiger partial charge in [-0.15, -0.1) is 0 Å². The first-order chi connectivity index (χ1) is 8.71. The molecule has 1 aromatic rings. The lowest BCUT2D eigenvalue weighted by Crippen LogP contribution is -2.18. The number of aryl methyl sites for hydroxylation is 1. The average Bonchev–Trinajstić information content (AvgIpc) is 3.06. The van der Waals surface area contributed by atoms with Gasteiger partial charge in [-0.1, -0.05) is 39.0 Å². The van der Waals surface area contributed by atoms with E-state index in [1.54, 1.807) is 0 Å². The molecule has 0 aliphatic heterocycles. The van der Waals surface area contributed by atoms with Gasteiger partial charge in [-0.25, -0.2) is 0 Å². The molecule has 3 atom stereocenters. The van der Waals surface area contributed by atoms with Crippen molar-refractivity contribution in [1.82, 2.24) is 0 Å². The van der Waals surface area contributed by atoms with E-state index in [1.807, 2.05) is 0 Å². The first kappa shape index (κ1) is 14.1. The molecule has 1 aromatic carbocycles. The standard InChI is InChI=1S/C16H23NO2/c1-9-7-10(16(2,3)4)5-6-11(9)14(17)12-8-13(12)15(18)19/h5-7,12-14H,8,17H2,1-4H3,(H,18,19). The number of carboxylic acid groups (broad SMARTS) is 1. The molecule has 1 aliphatic rings. The van der Waals surface area contributed by atoms with Crippen LogP contribution in [0.5, 0.6) is 0 Å². The highest BCUT2D eigenvalue weighted by Crippen LogP contribution is 2.47. The Morgan fingerprint density at radius 1 is 1.42 bits per heavy atom. The maximum atomic E-state index is 10.9. The zero-order valence-corrected chi connectivity index (χ0v) is 12.1. The Morgan fingerprint density at radius 2 is 2.05 bits per heavy atom. The van der Waals surface area contributed by atoms with Crippen LogP contribution in [-0.2, 0) is 10.2 Å². The summed E-state index contributed by atoms with van der Waals surface area (Å²) in [6, 6.07) is 6.20. The molecule has 19 heavy (non-hydrogen) atoms. The Labute approximate surface area is 114 Å². The van der Waals surface area contributed by atoms with Gasteiger partial charge in [0.1, 0.15) is 0 Å². The van der Waals surface area contributed by atoms with E-state index in [9.17, 15) is 4.79 Å². The summed E-state index contributed by atoms with van der Waals surface area (Å²) in [7, 11) is 0. The molecule has 2 rings (SSSR count). The van der Waals surface area contributed by atoms with Crippen molar-refractivity contribution in [3.63, 3.8) is 0 Å². The van der Waals surface area contributed by atoms with E-state index in [2.05, 4.69) is 45.9 Å². The van der Waals surface area contributed by atoms with Crippen molar-refractivity contribution in [3.8, 4) is 0 Å². The van der Waals surface area contributed by atoms with Crippen molar-refractivity contribution in [3.05, 3.63) is 34.9 Å². The molecular weight excluding hydrogens is 238 g/mol. The van der Waals surface area contributed by atoms with Crippen molar-refractivity contribution >= 4 is 5.97 Å². The lowest BCUT2D eigenvalue weighted by molar-refractivity contribution is -0.138. The average molecular weight is 261 g/mol. The van der Waals surface area contributed by atoms with Gasteiger partial charge in [0.25, 0.3) is 0 Å². The van der Waals surface area contributed by atoms with Crippen LogP contribution in [0.2, 0.25) is 0 Å². The molecule has 3 heteroatoms. The number of benzene rings is 1. The lowest BCUT2D eigenvalue weighted by Gasteiger charge is -2.22. The topological polar surface area (TPSA) is 63.3 Å². The molecule has 0 aromatic heterocycles. The Bertz CT molecular complexity index is 502. The van der Waals surface area contributed by atoms with E-state index in [4.69, 9.17) is 10.8 Å². The number of nitrogens with two attached hydrogens (primary N) is 1. The van der Waals surface area contributed by atoms with Crippen LogP contribution in [0.15, 0.2) is 18.2 Å². The van der Waals surface area contributed by atoms with Crippen molar-refractivity contribution in [1.29, 1.82) is 0 Å². The third-order valence-corrected chi connectivity index (χ3v) is 4.11. The zero-order valence-electron chi connectivity index (χ0n) is 12.1. The summed E-state index contributed by atoms with van der Waals surface area (Å²) >= 11 is 0. The van der Waals surface area contributed by atoms with Crippen molar-refractivity contribution < 1.29 is 9.90 Å². The van der Waals surface area contributed by atoms with Gasteiger partial charge in [0.05, 0.1) is 5.92 Å². The van der Waals surface area contributed by atoms with Crippen LogP contribution in [0.25, 0.3) is 0 Å². The first-order valence-corrected chi connectivity index (χ1v) is 6.81. The predicted molar refractivity (Wildman–Crippen MR) is 76.0 cm³/mol. The molecule has 3 unspecified atom stereocenters. The molecule has 104 valence electrons. The second kappa shape index (κ2) is 4.64. The van der Waals surface area contributed by atoms with E-state index >= 15 is 0 Å². The Balaban J connectivity index is 2.20. The second-order valence-electron chi connectivity index (χ2n) is 6.69. The minimum Gasteiger partial charge on any atom is -0.481 e. The predicted octanol–water partition coefficient (Wildman–Crippen LogP) is 3.01. The van der Waals surface area contributed by atoms with Crippen LogP contribution >= 0.6 is 0 Å². The first-order valence-electron chi connectivity index (χ1n) is 6.81. The van der Waals surface area contributed by atoms with Crippen LogP contribution in [0, 0.1) is 18.8 Å². The van der Waals surface area contributed by atoms with Crippen molar-refractivity contribution in [2.24, 2.45) is 17.6 Å². The van der Waals surface area contributed by atoms with Crippen LogP contribution in [0.3, 0.4) is 0 Å². The quantitative estimate of drug-likeness (QED) is 0.879. The number of aliphatic carboxylic acids is 1. The maximum absolute atomic E-state index is 10.9. The summed E-state index contributed by atoms with van der Waals surface area (Å²) in [5.74, 6) is -0.877. The lowest BCUT2D eigenvalue weighted by atomic mass is 9.84. The Kier molecular flexibility index (Phi) is 3.43. The van der Waals surface area contributed by atoms with Gasteiger partial charge in [-0.05, 0) is 41.4 Å². The minimum atomic E-state index is -0.718. The number of carboxylic acids is 1. The molecule has 0 amide bonds. The fraction of sp³-hybridized carbons (Fsp3) is 0.562. The van der Waals surface area contributed by atoms with Crippen LogP contribution in [0.1, 0.15) is 49.9 Å². The molecule has 0 heterocycles. The molecular formula is C16H23NO2. The third kappa shape index (κ3) is 2.81. The van der Waals surface area contributed by atoms with E-state index in [0.29, 0.717) is 6.42 Å². The molecule has 1 saturated carbocycles. The highest BCUT2D eigenvalue weighted by Gasteiger charge is 2.47. The summed E-state index contributed by atoms with van der Waals surface area (Å²) < 4.78 is 0. The van der Waals surface area contributed by atoms with Gasteiger partial charge in [0, 0.05) is 6.04 Å².